The number of aryl methyl sites for hydroxylation is 3. The number of aromatic nitrogens is 3. The molecule has 6 heteroatoms. The molecular formula is C23H28N4O2. The first kappa shape index (κ1) is 19.4. The Kier molecular flexibility index (Phi) is 5.51. The average Bonchev–Trinajstić information content (AvgIpc) is 3.25. The Balaban J connectivity index is 1.59. The number of furan rings is 1. The molecule has 6 nitrogen and oxygen atoms in total. The summed E-state index contributed by atoms with van der Waals surface area (Å²) in [7, 11) is 0. The van der Waals surface area contributed by atoms with Gasteiger partial charge >= 0.3 is 0 Å². The van der Waals surface area contributed by atoms with E-state index in [-0.39, 0.29) is 11.9 Å². The zero-order chi connectivity index (χ0) is 20.4. The SMILES string of the molecule is CCc1ccc(C2CCCCCN2C(=O)c2ccc(-n3nc(C)cc3C)nc2)o1. The summed E-state index contributed by atoms with van der Waals surface area (Å²) in [5.74, 6) is 2.59. The van der Waals surface area contributed by atoms with Gasteiger partial charge in [0.25, 0.3) is 5.91 Å². The lowest BCUT2D eigenvalue weighted by Crippen LogP contribution is -2.34. The molecule has 1 atom stereocenters. The van der Waals surface area contributed by atoms with E-state index < -0.39 is 0 Å². The number of carbonyl (C=O) groups is 1. The molecule has 152 valence electrons. The maximum atomic E-state index is 13.4. The van der Waals surface area contributed by atoms with Crippen LogP contribution in [-0.2, 0) is 6.42 Å². The van der Waals surface area contributed by atoms with Crippen molar-refractivity contribution >= 4 is 5.91 Å². The van der Waals surface area contributed by atoms with Gasteiger partial charge in [-0.15, -0.1) is 0 Å². The summed E-state index contributed by atoms with van der Waals surface area (Å²) in [4.78, 5) is 19.8. The van der Waals surface area contributed by atoms with Gasteiger partial charge in [0.05, 0.1) is 17.3 Å². The standard InChI is InChI=1S/C23H28N4O2/c1-4-19-10-11-21(29-19)20-8-6-5-7-13-26(20)23(28)18-9-12-22(24-15-18)27-17(3)14-16(2)25-27/h9-12,14-15,20H,4-8,13H2,1-3H3. The van der Waals surface area contributed by atoms with Crippen LogP contribution in [0.4, 0.5) is 0 Å². The number of pyridine rings is 1. The minimum Gasteiger partial charge on any atom is -0.464 e. The first-order valence-electron chi connectivity index (χ1n) is 10.5. The molecule has 3 aromatic heterocycles. The van der Waals surface area contributed by atoms with Crippen LogP contribution < -0.4 is 0 Å². The van der Waals surface area contributed by atoms with Crippen LogP contribution in [0.3, 0.4) is 0 Å². The summed E-state index contributed by atoms with van der Waals surface area (Å²) in [6, 6.07) is 9.76. The number of rotatable bonds is 4. The van der Waals surface area contributed by atoms with Gasteiger partial charge in [0.1, 0.15) is 11.5 Å². The van der Waals surface area contributed by atoms with E-state index in [2.05, 4.69) is 17.0 Å². The zero-order valence-corrected chi connectivity index (χ0v) is 17.4. The van der Waals surface area contributed by atoms with Gasteiger partial charge in [-0.05, 0) is 57.0 Å². The van der Waals surface area contributed by atoms with Crippen LogP contribution in [0.1, 0.15) is 71.9 Å². The van der Waals surface area contributed by atoms with Crippen LogP contribution in [0.5, 0.6) is 0 Å². The molecule has 0 N–H and O–H groups in total. The van der Waals surface area contributed by atoms with Gasteiger partial charge in [0, 0.05) is 24.9 Å². The average molecular weight is 393 g/mol. The molecule has 4 rings (SSSR count). The van der Waals surface area contributed by atoms with Crippen LogP contribution in [0.15, 0.2) is 40.9 Å². The Hall–Kier alpha value is -2.89. The molecule has 0 aliphatic carbocycles. The second-order valence-electron chi connectivity index (χ2n) is 7.77. The van der Waals surface area contributed by atoms with Crippen LogP contribution in [0.2, 0.25) is 0 Å². The second-order valence-corrected chi connectivity index (χ2v) is 7.77. The fourth-order valence-electron chi connectivity index (χ4n) is 4.08. The highest BCUT2D eigenvalue weighted by molar-refractivity contribution is 5.94. The van der Waals surface area contributed by atoms with Gasteiger partial charge in [0.15, 0.2) is 5.82 Å². The van der Waals surface area contributed by atoms with E-state index in [9.17, 15) is 4.79 Å². The van der Waals surface area contributed by atoms with Crippen molar-refractivity contribution in [3.63, 3.8) is 0 Å². The Morgan fingerprint density at radius 2 is 2.03 bits per heavy atom. The molecule has 0 bridgehead atoms. The Labute approximate surface area is 171 Å². The predicted molar refractivity (Wildman–Crippen MR) is 111 cm³/mol. The van der Waals surface area contributed by atoms with Crippen molar-refractivity contribution in [1.82, 2.24) is 19.7 Å². The smallest absolute Gasteiger partial charge is 0.256 e. The van der Waals surface area contributed by atoms with E-state index in [1.54, 1.807) is 10.9 Å². The molecular weight excluding hydrogens is 364 g/mol. The highest BCUT2D eigenvalue weighted by Gasteiger charge is 2.30. The predicted octanol–water partition coefficient (Wildman–Crippen LogP) is 4.80. The van der Waals surface area contributed by atoms with Crippen molar-refractivity contribution < 1.29 is 9.21 Å². The number of hydrogen-bond acceptors (Lipinski definition) is 4. The lowest BCUT2D eigenvalue weighted by Gasteiger charge is -2.28. The van der Waals surface area contributed by atoms with E-state index in [1.807, 2.05) is 49.1 Å². The second kappa shape index (κ2) is 8.23. The largest absolute Gasteiger partial charge is 0.464 e. The van der Waals surface area contributed by atoms with Gasteiger partial charge in [-0.3, -0.25) is 4.79 Å². The topological polar surface area (TPSA) is 64.2 Å². The molecule has 1 unspecified atom stereocenters. The van der Waals surface area contributed by atoms with Crippen LogP contribution >= 0.6 is 0 Å². The van der Waals surface area contributed by atoms with Gasteiger partial charge < -0.3 is 9.32 Å². The summed E-state index contributed by atoms with van der Waals surface area (Å²) >= 11 is 0. The molecule has 3 aromatic rings. The molecule has 0 radical (unpaired) electrons. The molecule has 0 aromatic carbocycles. The van der Waals surface area contributed by atoms with Gasteiger partial charge in [-0.2, -0.15) is 5.10 Å². The molecule has 1 aliphatic heterocycles. The van der Waals surface area contributed by atoms with Crippen molar-refractivity contribution in [3.8, 4) is 5.82 Å². The molecule has 0 spiro atoms. The maximum Gasteiger partial charge on any atom is 0.256 e. The molecule has 1 aliphatic rings. The van der Waals surface area contributed by atoms with Crippen molar-refractivity contribution in [1.29, 1.82) is 0 Å². The molecule has 1 fully saturated rings. The highest BCUT2D eigenvalue weighted by atomic mass is 16.3. The molecule has 29 heavy (non-hydrogen) atoms. The fraction of sp³-hybridized carbons (Fsp3) is 0.435. The number of hydrogen-bond donors (Lipinski definition) is 0. The zero-order valence-electron chi connectivity index (χ0n) is 17.4. The summed E-state index contributed by atoms with van der Waals surface area (Å²) in [6.45, 7) is 6.77. The molecule has 1 amide bonds. The number of amides is 1. The van der Waals surface area contributed by atoms with E-state index in [1.165, 1.54) is 0 Å². The fourth-order valence-corrected chi connectivity index (χ4v) is 4.08. The summed E-state index contributed by atoms with van der Waals surface area (Å²) in [5.41, 5.74) is 2.57. The number of nitrogens with zero attached hydrogens (tertiary/aromatic N) is 4. The number of likely N-dealkylation sites (tertiary alicyclic amines) is 1. The highest BCUT2D eigenvalue weighted by Crippen LogP contribution is 2.32. The monoisotopic (exact) mass is 392 g/mol. The van der Waals surface area contributed by atoms with Crippen molar-refractivity contribution in [2.45, 2.75) is 58.9 Å². The molecule has 1 saturated heterocycles. The number of carbonyl (C=O) groups excluding carboxylic acids is 1. The third-order valence-electron chi connectivity index (χ3n) is 5.59. The minimum atomic E-state index is -0.0130. The Morgan fingerprint density at radius 3 is 2.69 bits per heavy atom. The normalized spacial score (nSPS) is 17.3. The van der Waals surface area contributed by atoms with Crippen LogP contribution in [-0.4, -0.2) is 32.1 Å². The van der Waals surface area contributed by atoms with Crippen molar-refractivity contribution in [2.24, 2.45) is 0 Å². The lowest BCUT2D eigenvalue weighted by atomic mass is 10.1. The first-order valence-corrected chi connectivity index (χ1v) is 10.5. The van der Waals surface area contributed by atoms with E-state index >= 15 is 0 Å². The Morgan fingerprint density at radius 1 is 1.17 bits per heavy atom. The van der Waals surface area contributed by atoms with Gasteiger partial charge in [-0.1, -0.05) is 19.8 Å². The Bertz CT molecular complexity index is 987. The van der Waals surface area contributed by atoms with Gasteiger partial charge in [0.2, 0.25) is 0 Å². The third-order valence-corrected chi connectivity index (χ3v) is 5.59. The van der Waals surface area contributed by atoms with E-state index in [4.69, 9.17) is 4.42 Å². The summed E-state index contributed by atoms with van der Waals surface area (Å²) in [5, 5.41) is 4.47. The van der Waals surface area contributed by atoms with E-state index in [0.29, 0.717) is 5.56 Å². The molecule has 0 saturated carbocycles. The quantitative estimate of drug-likeness (QED) is 0.640. The van der Waals surface area contributed by atoms with Crippen molar-refractivity contribution in [3.05, 3.63) is 65.0 Å². The van der Waals surface area contributed by atoms with E-state index in [0.717, 1.165) is 67.4 Å². The first-order chi connectivity index (χ1) is 14.1. The summed E-state index contributed by atoms with van der Waals surface area (Å²) in [6.07, 6.45) is 6.71. The maximum absolute atomic E-state index is 13.4. The summed E-state index contributed by atoms with van der Waals surface area (Å²) < 4.78 is 7.81. The lowest BCUT2D eigenvalue weighted by molar-refractivity contribution is 0.0656. The molecule has 4 heterocycles. The third kappa shape index (κ3) is 3.97. The van der Waals surface area contributed by atoms with Crippen LogP contribution in [0.25, 0.3) is 5.82 Å². The van der Waals surface area contributed by atoms with Crippen LogP contribution in [0, 0.1) is 13.8 Å². The van der Waals surface area contributed by atoms with Gasteiger partial charge in [-0.25, -0.2) is 9.67 Å². The minimum absolute atomic E-state index is 0.0127. The van der Waals surface area contributed by atoms with Crippen molar-refractivity contribution in [2.75, 3.05) is 6.54 Å².